The van der Waals surface area contributed by atoms with Crippen LogP contribution in [-0.2, 0) is 9.47 Å². The van der Waals surface area contributed by atoms with Gasteiger partial charge in [-0.3, -0.25) is 0 Å². The highest BCUT2D eigenvalue weighted by Crippen LogP contribution is 1.98. The summed E-state index contributed by atoms with van der Waals surface area (Å²) in [5, 5.41) is 0. The van der Waals surface area contributed by atoms with Gasteiger partial charge in [0.15, 0.2) is 6.79 Å². The first-order chi connectivity index (χ1) is 5.35. The van der Waals surface area contributed by atoms with E-state index in [1.54, 1.807) is 18.2 Å². The highest BCUT2D eigenvalue weighted by atomic mass is 16.7. The Kier molecular flexibility index (Phi) is 6.43. The monoisotopic (exact) mass is 154 g/mol. The van der Waals surface area contributed by atoms with Crippen molar-refractivity contribution in [2.45, 2.75) is 6.92 Å². The molecule has 0 aromatic rings. The summed E-state index contributed by atoms with van der Waals surface area (Å²) in [6.07, 6.45) is 4.98. The molecule has 0 aromatic carbocycles. The van der Waals surface area contributed by atoms with Crippen molar-refractivity contribution < 1.29 is 9.47 Å². The fourth-order valence-corrected chi connectivity index (χ4v) is 0.484. The minimum Gasteiger partial charge on any atom is -0.468 e. The number of hydrogen-bond acceptors (Lipinski definition) is 2. The quantitative estimate of drug-likeness (QED) is 0.253. The Morgan fingerprint density at radius 2 is 2.18 bits per heavy atom. The van der Waals surface area contributed by atoms with Gasteiger partial charge in [-0.25, -0.2) is 0 Å². The SMILES string of the molecule is C=CC=C(C=C)OCOCC. The van der Waals surface area contributed by atoms with Crippen molar-refractivity contribution in [3.8, 4) is 0 Å². The lowest BCUT2D eigenvalue weighted by molar-refractivity contribution is -0.0135. The van der Waals surface area contributed by atoms with Crippen LogP contribution in [0, 0.1) is 0 Å². The molecule has 0 unspecified atom stereocenters. The molecule has 0 spiro atoms. The molecule has 0 saturated heterocycles. The fraction of sp³-hybridized carbons (Fsp3) is 0.333. The predicted octanol–water partition coefficient (Wildman–Crippen LogP) is 2.25. The van der Waals surface area contributed by atoms with Crippen LogP contribution < -0.4 is 0 Å². The van der Waals surface area contributed by atoms with Gasteiger partial charge >= 0.3 is 0 Å². The van der Waals surface area contributed by atoms with Crippen LogP contribution in [0.25, 0.3) is 0 Å². The standard InChI is InChI=1S/C9H14O2/c1-4-7-9(5-2)11-8-10-6-3/h4-5,7H,1-2,6,8H2,3H3. The van der Waals surface area contributed by atoms with Gasteiger partial charge in [-0.05, 0) is 19.1 Å². The average Bonchev–Trinajstić information content (AvgIpc) is 2.03. The van der Waals surface area contributed by atoms with E-state index >= 15 is 0 Å². The number of allylic oxidation sites excluding steroid dienone is 3. The Balaban J connectivity index is 3.60. The van der Waals surface area contributed by atoms with Crippen molar-refractivity contribution >= 4 is 0 Å². The second-order valence-electron chi connectivity index (χ2n) is 1.76. The topological polar surface area (TPSA) is 18.5 Å². The predicted molar refractivity (Wildman–Crippen MR) is 46.1 cm³/mol. The number of hydrogen-bond donors (Lipinski definition) is 0. The lowest BCUT2D eigenvalue weighted by Gasteiger charge is -2.04. The summed E-state index contributed by atoms with van der Waals surface area (Å²) >= 11 is 0. The zero-order chi connectivity index (χ0) is 8.53. The summed E-state index contributed by atoms with van der Waals surface area (Å²) < 4.78 is 10.1. The van der Waals surface area contributed by atoms with E-state index in [9.17, 15) is 0 Å². The van der Waals surface area contributed by atoms with Crippen LogP contribution in [0.3, 0.4) is 0 Å². The second-order valence-corrected chi connectivity index (χ2v) is 1.76. The van der Waals surface area contributed by atoms with Gasteiger partial charge in [-0.15, -0.1) is 0 Å². The van der Waals surface area contributed by atoms with Crippen molar-refractivity contribution in [3.63, 3.8) is 0 Å². The summed E-state index contributed by atoms with van der Waals surface area (Å²) in [6, 6.07) is 0. The molecular weight excluding hydrogens is 140 g/mol. The van der Waals surface area contributed by atoms with Gasteiger partial charge in [0.2, 0.25) is 0 Å². The van der Waals surface area contributed by atoms with E-state index in [0.29, 0.717) is 12.4 Å². The molecule has 0 saturated carbocycles. The Morgan fingerprint density at radius 3 is 2.64 bits per heavy atom. The third-order valence-electron chi connectivity index (χ3n) is 0.996. The van der Waals surface area contributed by atoms with Crippen molar-refractivity contribution in [3.05, 3.63) is 37.1 Å². The van der Waals surface area contributed by atoms with E-state index in [1.165, 1.54) is 0 Å². The molecule has 0 aliphatic heterocycles. The van der Waals surface area contributed by atoms with E-state index in [2.05, 4.69) is 13.2 Å². The lowest BCUT2D eigenvalue weighted by Crippen LogP contribution is -1.97. The smallest absolute Gasteiger partial charge is 0.189 e. The molecule has 0 aliphatic carbocycles. The van der Waals surface area contributed by atoms with Crippen molar-refractivity contribution in [1.82, 2.24) is 0 Å². The van der Waals surface area contributed by atoms with Gasteiger partial charge in [-0.2, -0.15) is 0 Å². The van der Waals surface area contributed by atoms with Gasteiger partial charge < -0.3 is 9.47 Å². The first-order valence-corrected chi connectivity index (χ1v) is 3.50. The maximum Gasteiger partial charge on any atom is 0.189 e. The van der Waals surface area contributed by atoms with E-state index in [4.69, 9.17) is 9.47 Å². The van der Waals surface area contributed by atoms with Crippen LogP contribution in [0.5, 0.6) is 0 Å². The third kappa shape index (κ3) is 5.43. The molecular formula is C9H14O2. The fourth-order valence-electron chi connectivity index (χ4n) is 0.484. The highest BCUT2D eigenvalue weighted by Gasteiger charge is 1.88. The van der Waals surface area contributed by atoms with Gasteiger partial charge in [0.25, 0.3) is 0 Å². The molecule has 0 aliphatic rings. The Labute approximate surface area is 67.8 Å². The van der Waals surface area contributed by atoms with Crippen LogP contribution >= 0.6 is 0 Å². The van der Waals surface area contributed by atoms with Crippen molar-refractivity contribution in [2.24, 2.45) is 0 Å². The van der Waals surface area contributed by atoms with E-state index < -0.39 is 0 Å². The van der Waals surface area contributed by atoms with Gasteiger partial charge in [-0.1, -0.05) is 19.2 Å². The molecule has 0 N–H and O–H groups in total. The van der Waals surface area contributed by atoms with E-state index in [-0.39, 0.29) is 6.79 Å². The highest BCUT2D eigenvalue weighted by molar-refractivity contribution is 5.14. The molecule has 2 heteroatoms. The normalized spacial score (nSPS) is 10.8. The Hall–Kier alpha value is -1.02. The average molecular weight is 154 g/mol. The van der Waals surface area contributed by atoms with Crippen LogP contribution in [0.15, 0.2) is 37.1 Å². The maximum atomic E-state index is 5.12. The van der Waals surface area contributed by atoms with Gasteiger partial charge in [0.05, 0.1) is 0 Å². The largest absolute Gasteiger partial charge is 0.468 e. The summed E-state index contributed by atoms with van der Waals surface area (Å²) in [5.41, 5.74) is 0. The molecule has 0 radical (unpaired) electrons. The molecule has 0 rings (SSSR count). The zero-order valence-electron chi connectivity index (χ0n) is 6.88. The molecule has 11 heavy (non-hydrogen) atoms. The minimum atomic E-state index is 0.266. The second kappa shape index (κ2) is 7.09. The van der Waals surface area contributed by atoms with Crippen LogP contribution in [0.2, 0.25) is 0 Å². The minimum absolute atomic E-state index is 0.266. The van der Waals surface area contributed by atoms with Crippen LogP contribution in [0.4, 0.5) is 0 Å². The Morgan fingerprint density at radius 1 is 1.45 bits per heavy atom. The lowest BCUT2D eigenvalue weighted by atomic mass is 10.4. The summed E-state index contributed by atoms with van der Waals surface area (Å²) in [7, 11) is 0. The van der Waals surface area contributed by atoms with Crippen molar-refractivity contribution in [1.29, 1.82) is 0 Å². The zero-order valence-corrected chi connectivity index (χ0v) is 6.88. The van der Waals surface area contributed by atoms with E-state index in [1.807, 2.05) is 6.92 Å². The molecule has 0 amide bonds. The summed E-state index contributed by atoms with van der Waals surface area (Å²) in [6.45, 7) is 9.92. The third-order valence-corrected chi connectivity index (χ3v) is 0.996. The summed E-state index contributed by atoms with van der Waals surface area (Å²) in [5.74, 6) is 0.674. The molecule has 0 bridgehead atoms. The number of rotatable bonds is 6. The van der Waals surface area contributed by atoms with Gasteiger partial charge in [0, 0.05) is 6.61 Å². The van der Waals surface area contributed by atoms with E-state index in [0.717, 1.165) is 0 Å². The molecule has 0 atom stereocenters. The Bertz CT molecular complexity index is 148. The summed E-state index contributed by atoms with van der Waals surface area (Å²) in [4.78, 5) is 0. The molecule has 62 valence electrons. The molecule has 0 fully saturated rings. The molecule has 2 nitrogen and oxygen atoms in total. The maximum absolute atomic E-state index is 5.12. The van der Waals surface area contributed by atoms with Crippen LogP contribution in [0.1, 0.15) is 6.92 Å². The van der Waals surface area contributed by atoms with Crippen molar-refractivity contribution in [2.75, 3.05) is 13.4 Å². The van der Waals surface area contributed by atoms with Crippen LogP contribution in [-0.4, -0.2) is 13.4 Å². The first-order valence-electron chi connectivity index (χ1n) is 3.50. The number of ether oxygens (including phenoxy) is 2. The molecule has 0 aromatic heterocycles. The molecule has 0 heterocycles. The first kappa shape index (κ1) is 9.98. The van der Waals surface area contributed by atoms with Gasteiger partial charge in [0.1, 0.15) is 5.76 Å².